The number of furan rings is 1. The molecule has 0 spiro atoms. The summed E-state index contributed by atoms with van der Waals surface area (Å²) < 4.78 is 10.6. The van der Waals surface area contributed by atoms with Gasteiger partial charge >= 0.3 is 0 Å². The van der Waals surface area contributed by atoms with Gasteiger partial charge in [-0.2, -0.15) is 0 Å². The summed E-state index contributed by atoms with van der Waals surface area (Å²) in [5, 5.41) is 3.09. The van der Waals surface area contributed by atoms with Gasteiger partial charge in [-0.05, 0) is 54.8 Å². The van der Waals surface area contributed by atoms with Crippen molar-refractivity contribution in [2.75, 3.05) is 13.2 Å². The number of nitrogens with zero attached hydrogens (tertiary/aromatic N) is 2. The highest BCUT2D eigenvalue weighted by Crippen LogP contribution is 2.25. The van der Waals surface area contributed by atoms with Crippen molar-refractivity contribution in [3.63, 3.8) is 0 Å². The van der Waals surface area contributed by atoms with Crippen LogP contribution < -0.4 is 5.32 Å². The second kappa shape index (κ2) is 10.9. The molecule has 0 atom stereocenters. The molecule has 0 aliphatic carbocycles. The number of aryl methyl sites for hydroxylation is 1. The number of pyridine rings is 1. The van der Waals surface area contributed by atoms with E-state index in [1.165, 1.54) is 6.20 Å². The molecule has 0 unspecified atom stereocenters. The van der Waals surface area contributed by atoms with Crippen molar-refractivity contribution in [2.24, 2.45) is 10.9 Å². The van der Waals surface area contributed by atoms with Crippen molar-refractivity contribution in [3.8, 4) is 0 Å². The molecule has 8 heteroatoms. The van der Waals surface area contributed by atoms with Gasteiger partial charge in [0.05, 0.1) is 23.3 Å². The maximum Gasteiger partial charge on any atom is 0.258 e. The highest BCUT2D eigenvalue weighted by Gasteiger charge is 2.25. The average molecular weight is 428 g/mol. The summed E-state index contributed by atoms with van der Waals surface area (Å²) in [6.07, 6.45) is 6.93. The van der Waals surface area contributed by atoms with Crippen LogP contribution in [0, 0.1) is 5.92 Å². The maximum absolute atomic E-state index is 12.7. The lowest BCUT2D eigenvalue weighted by molar-refractivity contribution is -0.121. The van der Waals surface area contributed by atoms with E-state index in [0.29, 0.717) is 47.5 Å². The fourth-order valence-corrected chi connectivity index (χ4v) is 3.75. The molecule has 1 saturated heterocycles. The first-order chi connectivity index (χ1) is 14.6. The highest BCUT2D eigenvalue weighted by atomic mass is 32.2. The lowest BCUT2D eigenvalue weighted by Gasteiger charge is -2.21. The van der Waals surface area contributed by atoms with Crippen LogP contribution in [0.25, 0.3) is 0 Å². The van der Waals surface area contributed by atoms with E-state index in [0.717, 1.165) is 23.7 Å². The zero-order valence-corrected chi connectivity index (χ0v) is 17.7. The third-order valence-corrected chi connectivity index (χ3v) is 5.60. The van der Waals surface area contributed by atoms with Crippen molar-refractivity contribution < 1.29 is 18.7 Å². The van der Waals surface area contributed by atoms with Crippen LogP contribution in [0.2, 0.25) is 0 Å². The van der Waals surface area contributed by atoms with E-state index in [-0.39, 0.29) is 24.2 Å². The van der Waals surface area contributed by atoms with Crippen molar-refractivity contribution in [1.29, 1.82) is 0 Å². The number of hydrogen-bond acceptors (Lipinski definition) is 7. The van der Waals surface area contributed by atoms with E-state index in [2.05, 4.69) is 21.9 Å². The topological polar surface area (TPSA) is 93.8 Å². The van der Waals surface area contributed by atoms with E-state index in [4.69, 9.17) is 9.15 Å². The first-order valence-corrected chi connectivity index (χ1v) is 10.7. The van der Waals surface area contributed by atoms with E-state index in [1.54, 1.807) is 30.7 Å². The minimum Gasteiger partial charge on any atom is -0.467 e. The number of ketones is 1. The highest BCUT2D eigenvalue weighted by molar-refractivity contribution is 8.17. The number of ether oxygens (including phenoxy) is 1. The third-order valence-electron chi connectivity index (χ3n) is 4.73. The molecule has 0 aromatic carbocycles. The summed E-state index contributed by atoms with van der Waals surface area (Å²) >= 11 is 1.07. The summed E-state index contributed by atoms with van der Waals surface area (Å²) in [5.74, 6) is 0.178. The number of rotatable bonds is 7. The molecule has 7 nitrogen and oxygen atoms in total. The molecule has 0 bridgehead atoms. The number of nitrogens with one attached hydrogen (secondary N) is 1. The molecule has 1 amide bonds. The van der Waals surface area contributed by atoms with Gasteiger partial charge in [-0.15, -0.1) is 0 Å². The van der Waals surface area contributed by atoms with Gasteiger partial charge in [-0.1, -0.05) is 13.5 Å². The normalized spacial score (nSPS) is 15.0. The second-order valence-electron chi connectivity index (χ2n) is 6.87. The third kappa shape index (κ3) is 6.14. The van der Waals surface area contributed by atoms with Crippen LogP contribution in [0.3, 0.4) is 0 Å². The van der Waals surface area contributed by atoms with Crippen LogP contribution in [0.5, 0.6) is 0 Å². The monoisotopic (exact) mass is 427 g/mol. The minimum atomic E-state index is -0.338. The Morgan fingerprint density at radius 1 is 1.33 bits per heavy atom. The van der Waals surface area contributed by atoms with Crippen LogP contribution >= 0.6 is 11.8 Å². The molecule has 1 fully saturated rings. The van der Waals surface area contributed by atoms with Gasteiger partial charge in [0.2, 0.25) is 0 Å². The molecule has 0 radical (unpaired) electrons. The zero-order valence-electron chi connectivity index (χ0n) is 16.9. The number of aromatic nitrogens is 1. The van der Waals surface area contributed by atoms with Crippen LogP contribution in [0.1, 0.15) is 41.4 Å². The fourth-order valence-electron chi connectivity index (χ4n) is 2.98. The number of thioether (sulfide) groups is 1. The molecule has 0 saturated carbocycles. The Labute approximate surface area is 180 Å². The predicted molar refractivity (Wildman–Crippen MR) is 116 cm³/mol. The van der Waals surface area contributed by atoms with E-state index in [1.807, 2.05) is 6.92 Å². The fraction of sp³-hybridized carbons (Fsp3) is 0.364. The molecule has 1 aliphatic rings. The first-order valence-electron chi connectivity index (χ1n) is 9.87. The molecule has 2 aromatic rings. The molecule has 1 aliphatic heterocycles. The van der Waals surface area contributed by atoms with Crippen LogP contribution in [0.4, 0.5) is 0 Å². The van der Waals surface area contributed by atoms with Gasteiger partial charge in [0.1, 0.15) is 5.76 Å². The summed E-state index contributed by atoms with van der Waals surface area (Å²) in [6.45, 7) is 7.31. The summed E-state index contributed by atoms with van der Waals surface area (Å²) in [4.78, 5) is 34.4. The Balaban J connectivity index is 1.72. The number of carbonyl (C=O) groups excluding carboxylic acids is 2. The molecule has 2 aromatic heterocycles. The number of carbonyl (C=O) groups is 2. The largest absolute Gasteiger partial charge is 0.467 e. The zero-order chi connectivity index (χ0) is 21.3. The smallest absolute Gasteiger partial charge is 0.258 e. The van der Waals surface area contributed by atoms with Crippen LogP contribution in [0.15, 0.2) is 57.7 Å². The van der Waals surface area contributed by atoms with Crippen LogP contribution in [-0.4, -0.2) is 35.1 Å². The van der Waals surface area contributed by atoms with Gasteiger partial charge in [0, 0.05) is 31.5 Å². The molecule has 3 heterocycles. The van der Waals surface area contributed by atoms with Gasteiger partial charge in [-0.25, -0.2) is 0 Å². The van der Waals surface area contributed by atoms with Crippen molar-refractivity contribution in [2.45, 2.75) is 32.7 Å². The molecule has 158 valence electrons. The Morgan fingerprint density at radius 3 is 2.83 bits per heavy atom. The standard InChI is InChI=1S/C22H25N3O4S/c1-3-16-11-18(13-23-12-16)21(27)25-22(24-14-19-5-4-8-29-19)30-15(2)20(26)17-6-9-28-10-7-17/h4-5,8,11-13,17H,2-3,6-7,9-10,14H2,1H3,(H,24,25,27). The van der Waals surface area contributed by atoms with Gasteiger partial charge in [0.15, 0.2) is 11.0 Å². The Kier molecular flexibility index (Phi) is 7.98. The van der Waals surface area contributed by atoms with Gasteiger partial charge in [0.25, 0.3) is 5.91 Å². The Morgan fingerprint density at radius 2 is 2.13 bits per heavy atom. The van der Waals surface area contributed by atoms with Crippen molar-refractivity contribution in [3.05, 3.63) is 65.2 Å². The lowest BCUT2D eigenvalue weighted by Crippen LogP contribution is -2.30. The number of Topliss-reactive ketones (excluding diaryl/α,β-unsaturated/α-hetero) is 1. The predicted octanol–water partition coefficient (Wildman–Crippen LogP) is 3.77. The average Bonchev–Trinajstić information content (AvgIpc) is 3.31. The van der Waals surface area contributed by atoms with Crippen LogP contribution in [-0.2, 0) is 22.5 Å². The molecule has 1 N–H and O–H groups in total. The summed E-state index contributed by atoms with van der Waals surface area (Å²) in [5.41, 5.74) is 1.39. The number of hydrogen-bond donors (Lipinski definition) is 1. The number of aliphatic imine (C=N–C) groups is 1. The number of allylic oxidation sites excluding steroid dienone is 1. The van der Waals surface area contributed by atoms with E-state index >= 15 is 0 Å². The van der Waals surface area contributed by atoms with Gasteiger partial charge in [-0.3, -0.25) is 19.6 Å². The molecule has 3 rings (SSSR count). The quantitative estimate of drug-likeness (QED) is 0.411. The minimum absolute atomic E-state index is 0.0297. The number of amides is 1. The Hall–Kier alpha value is -2.71. The van der Waals surface area contributed by atoms with E-state index < -0.39 is 0 Å². The molecule has 30 heavy (non-hydrogen) atoms. The van der Waals surface area contributed by atoms with Crippen molar-refractivity contribution >= 4 is 28.6 Å². The summed E-state index contributed by atoms with van der Waals surface area (Å²) in [7, 11) is 0. The second-order valence-corrected chi connectivity index (χ2v) is 7.95. The number of amidine groups is 1. The Bertz CT molecular complexity index is 918. The van der Waals surface area contributed by atoms with E-state index in [9.17, 15) is 9.59 Å². The summed E-state index contributed by atoms with van der Waals surface area (Å²) in [6, 6.07) is 5.36. The van der Waals surface area contributed by atoms with Crippen molar-refractivity contribution in [1.82, 2.24) is 10.3 Å². The first kappa shape index (κ1) is 22.0. The molecular formula is C22H25N3O4S. The van der Waals surface area contributed by atoms with Gasteiger partial charge < -0.3 is 14.5 Å². The molecular weight excluding hydrogens is 402 g/mol. The maximum atomic E-state index is 12.7. The lowest BCUT2D eigenvalue weighted by atomic mass is 9.95. The SMILES string of the molecule is C=C(SC(=NCc1ccco1)NC(=O)c1cncc(CC)c1)C(=O)C1CCOCC1.